The third-order valence-corrected chi connectivity index (χ3v) is 9.85. The van der Waals surface area contributed by atoms with Crippen LogP contribution in [0.2, 0.25) is 18.1 Å². The predicted octanol–water partition coefficient (Wildman–Crippen LogP) is 6.18. The lowest BCUT2D eigenvalue weighted by Crippen LogP contribution is -2.43. The first kappa shape index (κ1) is 24.3. The van der Waals surface area contributed by atoms with Crippen LogP contribution >= 0.6 is 0 Å². The summed E-state index contributed by atoms with van der Waals surface area (Å²) in [5, 5.41) is 11.5. The average molecular weight is 446 g/mol. The van der Waals surface area contributed by atoms with Gasteiger partial charge in [0, 0.05) is 6.07 Å². The second kappa shape index (κ2) is 9.43. The van der Waals surface area contributed by atoms with Gasteiger partial charge in [-0.05, 0) is 47.5 Å². The van der Waals surface area contributed by atoms with Gasteiger partial charge < -0.3 is 18.6 Å². The smallest absolute Gasteiger partial charge is 0.315 e. The maximum absolute atomic E-state index is 11.4. The monoisotopic (exact) mass is 445 g/mol. The predicted molar refractivity (Wildman–Crippen MR) is 126 cm³/mol. The van der Waals surface area contributed by atoms with Crippen molar-refractivity contribution in [2.75, 3.05) is 21.3 Å². The lowest BCUT2D eigenvalue weighted by Gasteiger charge is -2.36. The van der Waals surface area contributed by atoms with Crippen molar-refractivity contribution < 1.29 is 23.6 Å². The van der Waals surface area contributed by atoms with Crippen molar-refractivity contribution in [2.45, 2.75) is 38.9 Å². The van der Waals surface area contributed by atoms with Gasteiger partial charge in [-0.2, -0.15) is 0 Å². The molecule has 0 aliphatic rings. The highest BCUT2D eigenvalue weighted by Crippen LogP contribution is 2.41. The van der Waals surface area contributed by atoms with Crippen LogP contribution in [0.15, 0.2) is 30.3 Å². The molecule has 0 aliphatic carbocycles. The zero-order valence-corrected chi connectivity index (χ0v) is 20.4. The Labute approximate surface area is 184 Å². The minimum atomic E-state index is -2.06. The van der Waals surface area contributed by atoms with Gasteiger partial charge in [0.25, 0.3) is 8.32 Å². The van der Waals surface area contributed by atoms with Gasteiger partial charge in [0.2, 0.25) is 5.75 Å². The molecular formula is C23H31NO6Si. The van der Waals surface area contributed by atoms with Crippen LogP contribution in [0.3, 0.4) is 0 Å². The van der Waals surface area contributed by atoms with E-state index < -0.39 is 13.2 Å². The number of ether oxygens (including phenoxy) is 3. The zero-order valence-electron chi connectivity index (χ0n) is 19.4. The molecule has 0 unspecified atom stereocenters. The van der Waals surface area contributed by atoms with Gasteiger partial charge in [-0.3, -0.25) is 10.1 Å². The highest BCUT2D eigenvalue weighted by Gasteiger charge is 2.39. The second-order valence-electron chi connectivity index (χ2n) is 8.64. The molecular weight excluding hydrogens is 414 g/mol. The normalized spacial score (nSPS) is 12.0. The van der Waals surface area contributed by atoms with Gasteiger partial charge in [-0.25, -0.2) is 0 Å². The summed E-state index contributed by atoms with van der Waals surface area (Å²) < 4.78 is 22.3. The van der Waals surface area contributed by atoms with Crippen molar-refractivity contribution in [3.8, 4) is 23.0 Å². The molecule has 0 N–H and O–H groups in total. The summed E-state index contributed by atoms with van der Waals surface area (Å²) in [4.78, 5) is 10.9. The van der Waals surface area contributed by atoms with Crippen LogP contribution in [0.5, 0.6) is 23.0 Å². The molecule has 0 bridgehead atoms. The Balaban J connectivity index is 2.43. The molecule has 0 heterocycles. The molecule has 2 aromatic rings. The number of nitro benzene ring substituents is 1. The van der Waals surface area contributed by atoms with E-state index in [9.17, 15) is 10.1 Å². The summed E-state index contributed by atoms with van der Waals surface area (Å²) in [6, 6.07) is 8.83. The lowest BCUT2D eigenvalue weighted by molar-refractivity contribution is -0.385. The molecule has 168 valence electrons. The molecule has 0 amide bonds. The van der Waals surface area contributed by atoms with Crippen LogP contribution in [0, 0.1) is 10.1 Å². The van der Waals surface area contributed by atoms with Crippen LogP contribution < -0.4 is 18.6 Å². The molecule has 31 heavy (non-hydrogen) atoms. The Kier molecular flexibility index (Phi) is 7.38. The van der Waals surface area contributed by atoms with Gasteiger partial charge in [0.1, 0.15) is 5.75 Å². The van der Waals surface area contributed by atoms with E-state index in [2.05, 4.69) is 33.9 Å². The summed E-state index contributed by atoms with van der Waals surface area (Å²) in [5.74, 6) is 1.76. The topological polar surface area (TPSA) is 80.1 Å². The van der Waals surface area contributed by atoms with E-state index in [4.69, 9.17) is 18.6 Å². The fourth-order valence-corrected chi connectivity index (χ4v) is 3.71. The van der Waals surface area contributed by atoms with Crippen LogP contribution in [0.1, 0.15) is 31.9 Å². The van der Waals surface area contributed by atoms with Crippen molar-refractivity contribution in [1.29, 1.82) is 0 Å². The Bertz CT molecular complexity index is 979. The molecule has 8 heteroatoms. The average Bonchev–Trinajstić information content (AvgIpc) is 2.70. The largest absolute Gasteiger partial charge is 0.541 e. The third kappa shape index (κ3) is 5.58. The number of methoxy groups -OCH3 is 3. The van der Waals surface area contributed by atoms with Crippen LogP contribution in [0.25, 0.3) is 12.2 Å². The molecule has 2 rings (SSSR count). The van der Waals surface area contributed by atoms with Crippen molar-refractivity contribution >= 4 is 26.2 Å². The number of hydrogen-bond acceptors (Lipinski definition) is 6. The first-order valence-electron chi connectivity index (χ1n) is 9.89. The van der Waals surface area contributed by atoms with Crippen LogP contribution in [0.4, 0.5) is 5.69 Å². The van der Waals surface area contributed by atoms with Gasteiger partial charge in [0.05, 0.1) is 26.3 Å². The van der Waals surface area contributed by atoms with Gasteiger partial charge >= 0.3 is 5.69 Å². The summed E-state index contributed by atoms with van der Waals surface area (Å²) >= 11 is 0. The van der Waals surface area contributed by atoms with E-state index >= 15 is 0 Å². The molecule has 7 nitrogen and oxygen atoms in total. The standard InChI is InChI=1S/C23H31NO6Si/c1-23(2,3)31(7,8)30-20-14-16(11-12-19(20)27-4)9-10-17-13-18(24(25)26)22(29-6)21(15-17)28-5/h9-15H,1-8H3. The number of rotatable bonds is 8. The fraction of sp³-hybridized carbons (Fsp3) is 0.391. The molecule has 0 fully saturated rings. The maximum atomic E-state index is 11.4. The van der Waals surface area contributed by atoms with E-state index in [1.807, 2.05) is 24.3 Å². The molecule has 0 saturated carbocycles. The second-order valence-corrected chi connectivity index (χ2v) is 13.4. The molecule has 0 spiro atoms. The first-order chi connectivity index (χ1) is 14.4. The Morgan fingerprint density at radius 1 is 0.871 bits per heavy atom. The first-order valence-corrected chi connectivity index (χ1v) is 12.8. The Hall–Kier alpha value is -3.00. The minimum Gasteiger partial charge on any atom is -0.541 e. The van der Waals surface area contributed by atoms with E-state index in [1.165, 1.54) is 20.3 Å². The molecule has 0 saturated heterocycles. The summed E-state index contributed by atoms with van der Waals surface area (Å²) in [6.45, 7) is 10.9. The van der Waals surface area contributed by atoms with Crippen molar-refractivity contribution in [3.05, 3.63) is 51.6 Å². The fourth-order valence-electron chi connectivity index (χ4n) is 2.69. The van der Waals surface area contributed by atoms with Crippen LogP contribution in [-0.2, 0) is 0 Å². The van der Waals surface area contributed by atoms with Crippen molar-refractivity contribution in [3.63, 3.8) is 0 Å². The molecule has 0 radical (unpaired) electrons. The molecule has 0 atom stereocenters. The number of benzene rings is 2. The minimum absolute atomic E-state index is 0.0441. The molecule has 0 aromatic heterocycles. The number of hydrogen-bond donors (Lipinski definition) is 0. The van der Waals surface area contributed by atoms with Crippen molar-refractivity contribution in [2.24, 2.45) is 0 Å². The van der Waals surface area contributed by atoms with E-state index in [-0.39, 0.29) is 16.5 Å². The highest BCUT2D eigenvalue weighted by atomic mass is 28.4. The molecule has 0 aliphatic heterocycles. The van der Waals surface area contributed by atoms with E-state index in [0.29, 0.717) is 22.8 Å². The summed E-state index contributed by atoms with van der Waals surface area (Å²) in [6.07, 6.45) is 3.65. The van der Waals surface area contributed by atoms with E-state index in [1.54, 1.807) is 19.3 Å². The van der Waals surface area contributed by atoms with E-state index in [0.717, 1.165) is 5.56 Å². The molecule has 2 aromatic carbocycles. The Morgan fingerprint density at radius 2 is 1.45 bits per heavy atom. The van der Waals surface area contributed by atoms with Crippen LogP contribution in [-0.4, -0.2) is 34.6 Å². The third-order valence-electron chi connectivity index (χ3n) is 5.51. The lowest BCUT2D eigenvalue weighted by atomic mass is 10.1. The highest BCUT2D eigenvalue weighted by molar-refractivity contribution is 6.74. The van der Waals surface area contributed by atoms with Crippen molar-refractivity contribution in [1.82, 2.24) is 0 Å². The van der Waals surface area contributed by atoms with Gasteiger partial charge in [-0.15, -0.1) is 0 Å². The Morgan fingerprint density at radius 3 is 1.97 bits per heavy atom. The quantitative estimate of drug-likeness (QED) is 0.209. The SMILES string of the molecule is COc1ccc(C=Cc2cc(OC)c(OC)c([N+](=O)[O-])c2)cc1O[Si](C)(C)C(C)(C)C. The summed E-state index contributed by atoms with van der Waals surface area (Å²) in [7, 11) is 2.39. The number of nitrogens with zero attached hydrogens (tertiary/aromatic N) is 1. The maximum Gasteiger partial charge on any atom is 0.315 e. The van der Waals surface area contributed by atoms with Gasteiger partial charge in [-0.1, -0.05) is 39.0 Å². The zero-order chi connectivity index (χ0) is 23.4. The number of nitro groups is 1. The van der Waals surface area contributed by atoms with Gasteiger partial charge in [0.15, 0.2) is 11.5 Å². The summed E-state index contributed by atoms with van der Waals surface area (Å²) in [5.41, 5.74) is 1.34.